The fourth-order valence-electron chi connectivity index (χ4n) is 3.50. The number of hydrogen-bond acceptors (Lipinski definition) is 4. The van der Waals surface area contributed by atoms with E-state index in [2.05, 4.69) is 22.3 Å². The number of amides is 2. The second-order valence-corrected chi connectivity index (χ2v) is 7.91. The lowest BCUT2D eigenvalue weighted by molar-refractivity contribution is -0.117. The molecule has 3 atom stereocenters. The molecule has 1 saturated carbocycles. The van der Waals surface area contributed by atoms with Crippen LogP contribution in [0.4, 0.5) is 5.69 Å². The fraction of sp³-hybridized carbons (Fsp3) is 0.304. The van der Waals surface area contributed by atoms with Gasteiger partial charge in [-0.15, -0.1) is 0 Å². The van der Waals surface area contributed by atoms with Crippen LogP contribution in [-0.2, 0) is 4.79 Å². The number of rotatable bonds is 6. The van der Waals surface area contributed by atoms with Crippen LogP contribution in [0, 0.1) is 11.8 Å². The topological polar surface area (TPSA) is 80.1 Å². The maximum absolute atomic E-state index is 13.0. The summed E-state index contributed by atoms with van der Waals surface area (Å²) in [7, 11) is 1.79. The fourth-order valence-corrected chi connectivity index (χ4v) is 3.50. The number of carbonyl (C=O) groups is 2. The minimum atomic E-state index is -0.118. The van der Waals surface area contributed by atoms with Gasteiger partial charge in [-0.05, 0) is 55.2 Å². The van der Waals surface area contributed by atoms with Crippen LogP contribution in [-0.4, -0.2) is 38.5 Å². The van der Waals surface area contributed by atoms with Crippen LogP contribution < -0.4 is 5.32 Å². The van der Waals surface area contributed by atoms with Crippen molar-refractivity contribution in [3.05, 3.63) is 72.3 Å². The summed E-state index contributed by atoms with van der Waals surface area (Å²) >= 11 is 0. The largest absolute Gasteiger partial charge is 0.335 e. The molecule has 30 heavy (non-hydrogen) atoms. The lowest BCUT2D eigenvalue weighted by atomic mass is 10.1. The third kappa shape index (κ3) is 4.10. The Kier molecular flexibility index (Phi) is 5.35. The van der Waals surface area contributed by atoms with Crippen LogP contribution in [0.5, 0.6) is 0 Å². The standard InChI is InChI=1S/C23H25N5O2/c1-15-11-21(15)22(29)26-19-6-4-5-18(12-19)23(30)27(3)16(2)17-7-9-20(10-8-17)28-14-24-13-25-28/h4-10,12-16,21H,11H2,1-3H3,(H,26,29). The highest BCUT2D eigenvalue weighted by Gasteiger charge is 2.39. The van der Waals surface area contributed by atoms with Gasteiger partial charge in [0.25, 0.3) is 5.91 Å². The van der Waals surface area contributed by atoms with E-state index in [0.717, 1.165) is 17.7 Å². The Morgan fingerprint density at radius 2 is 1.93 bits per heavy atom. The summed E-state index contributed by atoms with van der Waals surface area (Å²) in [6.45, 7) is 4.06. The van der Waals surface area contributed by atoms with E-state index in [1.165, 1.54) is 6.33 Å². The van der Waals surface area contributed by atoms with Crippen molar-refractivity contribution in [1.82, 2.24) is 19.7 Å². The molecule has 1 fully saturated rings. The molecule has 0 aliphatic heterocycles. The molecule has 0 spiro atoms. The number of nitrogens with one attached hydrogen (secondary N) is 1. The van der Waals surface area contributed by atoms with Crippen molar-refractivity contribution in [2.24, 2.45) is 11.8 Å². The summed E-state index contributed by atoms with van der Waals surface area (Å²) in [4.78, 5) is 30.9. The molecule has 4 rings (SSSR count). The number of benzene rings is 2. The van der Waals surface area contributed by atoms with Crippen molar-refractivity contribution in [3.63, 3.8) is 0 Å². The molecule has 2 aromatic carbocycles. The Hall–Kier alpha value is -3.48. The van der Waals surface area contributed by atoms with Crippen molar-refractivity contribution < 1.29 is 9.59 Å². The van der Waals surface area contributed by atoms with Crippen LogP contribution in [0.25, 0.3) is 5.69 Å². The number of aromatic nitrogens is 3. The van der Waals surface area contributed by atoms with E-state index < -0.39 is 0 Å². The average Bonchev–Trinajstić information content (AvgIpc) is 3.26. The molecule has 1 N–H and O–H groups in total. The molecule has 1 aliphatic carbocycles. The van der Waals surface area contributed by atoms with Gasteiger partial charge in [-0.1, -0.05) is 25.1 Å². The summed E-state index contributed by atoms with van der Waals surface area (Å²) in [5.41, 5.74) is 3.13. The number of anilines is 1. The first-order valence-corrected chi connectivity index (χ1v) is 10.1. The van der Waals surface area contributed by atoms with Crippen LogP contribution in [0.15, 0.2) is 61.2 Å². The zero-order valence-electron chi connectivity index (χ0n) is 17.3. The Labute approximate surface area is 175 Å². The third-order valence-corrected chi connectivity index (χ3v) is 5.78. The van der Waals surface area contributed by atoms with E-state index in [1.807, 2.05) is 37.3 Å². The Balaban J connectivity index is 1.45. The average molecular weight is 403 g/mol. The van der Waals surface area contributed by atoms with Gasteiger partial charge >= 0.3 is 0 Å². The molecule has 3 aromatic rings. The normalized spacial score (nSPS) is 18.5. The van der Waals surface area contributed by atoms with Crippen molar-refractivity contribution in [2.75, 3.05) is 12.4 Å². The molecule has 7 heteroatoms. The SMILES string of the molecule is CC1CC1C(=O)Nc1cccc(C(=O)N(C)C(C)c2ccc(-n3cncn3)cc2)c1. The maximum atomic E-state index is 13.0. The molecule has 1 heterocycles. The van der Waals surface area contributed by atoms with Gasteiger partial charge in [0.05, 0.1) is 11.7 Å². The van der Waals surface area contributed by atoms with E-state index in [0.29, 0.717) is 17.2 Å². The molecule has 154 valence electrons. The van der Waals surface area contributed by atoms with Crippen molar-refractivity contribution in [3.8, 4) is 5.69 Å². The van der Waals surface area contributed by atoms with E-state index in [1.54, 1.807) is 41.2 Å². The van der Waals surface area contributed by atoms with Gasteiger partial charge in [-0.3, -0.25) is 9.59 Å². The van der Waals surface area contributed by atoms with Crippen molar-refractivity contribution >= 4 is 17.5 Å². The highest BCUT2D eigenvalue weighted by Crippen LogP contribution is 2.38. The first kappa shape index (κ1) is 19.8. The van der Waals surface area contributed by atoms with Crippen molar-refractivity contribution in [2.45, 2.75) is 26.3 Å². The highest BCUT2D eigenvalue weighted by atomic mass is 16.2. The van der Waals surface area contributed by atoms with Crippen LogP contribution in [0.2, 0.25) is 0 Å². The van der Waals surface area contributed by atoms with Crippen LogP contribution >= 0.6 is 0 Å². The Morgan fingerprint density at radius 3 is 2.57 bits per heavy atom. The van der Waals surface area contributed by atoms with E-state index >= 15 is 0 Å². The monoisotopic (exact) mass is 403 g/mol. The number of nitrogens with zero attached hydrogens (tertiary/aromatic N) is 4. The summed E-state index contributed by atoms with van der Waals surface area (Å²) in [6.07, 6.45) is 4.06. The third-order valence-electron chi connectivity index (χ3n) is 5.78. The van der Waals surface area contributed by atoms with Gasteiger partial charge in [0.2, 0.25) is 5.91 Å². The molecule has 1 aromatic heterocycles. The van der Waals surface area contributed by atoms with Gasteiger partial charge in [-0.25, -0.2) is 9.67 Å². The number of carbonyl (C=O) groups excluding carboxylic acids is 2. The summed E-state index contributed by atoms with van der Waals surface area (Å²) in [5, 5.41) is 7.05. The second-order valence-electron chi connectivity index (χ2n) is 7.91. The first-order chi connectivity index (χ1) is 14.4. The van der Waals surface area contributed by atoms with E-state index in [9.17, 15) is 9.59 Å². The van der Waals surface area contributed by atoms with Gasteiger partial charge in [0, 0.05) is 24.2 Å². The smallest absolute Gasteiger partial charge is 0.254 e. The molecule has 0 saturated heterocycles. The molecular weight excluding hydrogens is 378 g/mol. The van der Waals surface area contributed by atoms with Crippen LogP contribution in [0.3, 0.4) is 0 Å². The molecular formula is C23H25N5O2. The lowest BCUT2D eigenvalue weighted by Gasteiger charge is -2.26. The van der Waals surface area contributed by atoms with E-state index in [4.69, 9.17) is 0 Å². The zero-order chi connectivity index (χ0) is 21.3. The summed E-state index contributed by atoms with van der Waals surface area (Å²) in [6, 6.07) is 14.9. The molecule has 1 aliphatic rings. The zero-order valence-corrected chi connectivity index (χ0v) is 17.3. The van der Waals surface area contributed by atoms with E-state index in [-0.39, 0.29) is 23.8 Å². The minimum Gasteiger partial charge on any atom is -0.335 e. The van der Waals surface area contributed by atoms with Gasteiger partial charge < -0.3 is 10.2 Å². The van der Waals surface area contributed by atoms with Crippen molar-refractivity contribution in [1.29, 1.82) is 0 Å². The molecule has 3 unspecified atom stereocenters. The van der Waals surface area contributed by atoms with Crippen LogP contribution in [0.1, 0.15) is 42.2 Å². The van der Waals surface area contributed by atoms with Gasteiger partial charge in [0.1, 0.15) is 12.7 Å². The summed E-state index contributed by atoms with van der Waals surface area (Å²) in [5.74, 6) is 0.463. The Morgan fingerprint density at radius 1 is 1.20 bits per heavy atom. The quantitative estimate of drug-likeness (QED) is 0.681. The predicted octanol–water partition coefficient (Wildman–Crippen LogP) is 3.70. The molecule has 7 nitrogen and oxygen atoms in total. The second kappa shape index (κ2) is 8.10. The maximum Gasteiger partial charge on any atom is 0.254 e. The molecule has 0 radical (unpaired) electrons. The predicted molar refractivity (Wildman–Crippen MR) is 114 cm³/mol. The lowest BCUT2D eigenvalue weighted by Crippen LogP contribution is -2.29. The summed E-state index contributed by atoms with van der Waals surface area (Å²) < 4.78 is 1.69. The molecule has 0 bridgehead atoms. The highest BCUT2D eigenvalue weighted by molar-refractivity contribution is 5.98. The number of hydrogen-bond donors (Lipinski definition) is 1. The molecule has 2 amide bonds. The van der Waals surface area contributed by atoms with Gasteiger partial charge in [0.15, 0.2) is 0 Å². The minimum absolute atomic E-state index is 0.0290. The first-order valence-electron chi connectivity index (χ1n) is 10.1. The van der Waals surface area contributed by atoms with Gasteiger partial charge in [-0.2, -0.15) is 5.10 Å². The Bertz CT molecular complexity index is 1050.